The summed E-state index contributed by atoms with van der Waals surface area (Å²) in [4.78, 5) is 0. The molecule has 2 fully saturated rings. The van der Waals surface area contributed by atoms with Crippen LogP contribution in [-0.4, -0.2) is 39.2 Å². The largest absolute Gasteiger partial charge is 0.405 e. The molecule has 0 bridgehead atoms. The summed E-state index contributed by atoms with van der Waals surface area (Å²) in [6, 6.07) is 21.4. The lowest BCUT2D eigenvalue weighted by atomic mass is 9.73. The maximum absolute atomic E-state index is 7.25. The van der Waals surface area contributed by atoms with E-state index in [-0.39, 0.29) is 22.7 Å². The van der Waals surface area contributed by atoms with Crippen LogP contribution in [0.15, 0.2) is 86.0 Å². The van der Waals surface area contributed by atoms with Gasteiger partial charge in [-0.25, -0.2) is 0 Å². The van der Waals surface area contributed by atoms with Crippen molar-refractivity contribution in [1.29, 1.82) is 0 Å². The minimum atomic E-state index is -2.70. The van der Waals surface area contributed by atoms with Crippen molar-refractivity contribution >= 4 is 18.7 Å². The van der Waals surface area contributed by atoms with Crippen molar-refractivity contribution in [1.82, 2.24) is 0 Å². The lowest BCUT2D eigenvalue weighted by molar-refractivity contribution is -0.221. The molecule has 0 amide bonds. The topological polar surface area (TPSA) is 36.9 Å². The lowest BCUT2D eigenvalue weighted by Gasteiger charge is -2.45. The van der Waals surface area contributed by atoms with Crippen molar-refractivity contribution in [3.8, 4) is 0 Å². The van der Waals surface area contributed by atoms with Gasteiger partial charge in [-0.05, 0) is 42.1 Å². The molecule has 0 aliphatic carbocycles. The molecule has 0 spiro atoms. The maximum atomic E-state index is 7.25. The van der Waals surface area contributed by atoms with Crippen LogP contribution in [0.4, 0.5) is 0 Å². The highest BCUT2D eigenvalue weighted by Crippen LogP contribution is 2.53. The lowest BCUT2D eigenvalue weighted by Crippen LogP contribution is -2.67. The van der Waals surface area contributed by atoms with Crippen molar-refractivity contribution in [2.75, 3.05) is 6.61 Å². The van der Waals surface area contributed by atoms with Crippen LogP contribution in [0.2, 0.25) is 5.04 Å². The summed E-state index contributed by atoms with van der Waals surface area (Å²) < 4.78 is 26.4. The second kappa shape index (κ2) is 9.79. The minimum Gasteiger partial charge on any atom is -0.405 e. The molecule has 0 N–H and O–H groups in total. The van der Waals surface area contributed by atoms with Crippen LogP contribution in [0.5, 0.6) is 0 Å². The molecule has 2 aliphatic heterocycles. The minimum absolute atomic E-state index is 0.112. The second-order valence-corrected chi connectivity index (χ2v) is 15.5. The van der Waals surface area contributed by atoms with E-state index in [0.29, 0.717) is 6.61 Å². The molecule has 2 aliphatic rings. The number of allylic oxidation sites excluding steroid dienone is 2. The molecule has 4 nitrogen and oxygen atoms in total. The Morgan fingerprint density at radius 3 is 1.86 bits per heavy atom. The fourth-order valence-corrected chi connectivity index (χ4v) is 10.5. The standard InChI is InChI=1S/C30H40O4Si/c1-8-20-30(21-9-2)25(32-27-26(30)33-29(6,7)34-27)22-31-35(28(3,4)5,23-16-12-10-13-17-23)24-18-14-11-15-19-24/h8-19,25-27H,1-2,20-22H2,3-7H3/t25-,26+,27-/m1/s1. The summed E-state index contributed by atoms with van der Waals surface area (Å²) in [7, 11) is -2.70. The third kappa shape index (κ3) is 4.61. The monoisotopic (exact) mass is 492 g/mol. The smallest absolute Gasteiger partial charge is 0.261 e. The molecular weight excluding hydrogens is 452 g/mol. The van der Waals surface area contributed by atoms with Crippen molar-refractivity contribution < 1.29 is 18.6 Å². The summed E-state index contributed by atoms with van der Waals surface area (Å²) in [5.41, 5.74) is -0.354. The predicted octanol–water partition coefficient (Wildman–Crippen LogP) is 5.58. The Labute approximate surface area is 212 Å². The highest BCUT2D eigenvalue weighted by molar-refractivity contribution is 6.99. The van der Waals surface area contributed by atoms with Gasteiger partial charge < -0.3 is 18.6 Å². The van der Waals surface area contributed by atoms with Gasteiger partial charge in [0.1, 0.15) is 6.10 Å². The average Bonchev–Trinajstić information content (AvgIpc) is 3.26. The van der Waals surface area contributed by atoms with Gasteiger partial charge in [0.15, 0.2) is 12.1 Å². The molecule has 3 atom stereocenters. The first-order valence-electron chi connectivity index (χ1n) is 12.6. The Kier molecular flexibility index (Phi) is 7.29. The van der Waals surface area contributed by atoms with E-state index in [1.807, 2.05) is 26.0 Å². The SMILES string of the molecule is C=CCC1(CC=C)[C@@H](CO[Si](c2ccccc2)(c2ccccc2)C(C)(C)C)O[C@@H]2OC(C)(C)O[C@@H]21. The predicted molar refractivity (Wildman–Crippen MR) is 144 cm³/mol. The van der Waals surface area contributed by atoms with Gasteiger partial charge in [-0.2, -0.15) is 0 Å². The Balaban J connectivity index is 1.76. The third-order valence-corrected chi connectivity index (χ3v) is 12.5. The van der Waals surface area contributed by atoms with E-state index in [4.69, 9.17) is 18.6 Å². The highest BCUT2D eigenvalue weighted by atomic mass is 28.4. The van der Waals surface area contributed by atoms with Crippen LogP contribution in [0.1, 0.15) is 47.5 Å². The molecule has 5 heteroatoms. The first-order chi connectivity index (χ1) is 16.6. The van der Waals surface area contributed by atoms with Crippen LogP contribution in [0, 0.1) is 5.41 Å². The average molecular weight is 493 g/mol. The molecule has 188 valence electrons. The number of benzene rings is 2. The van der Waals surface area contributed by atoms with Crippen LogP contribution >= 0.6 is 0 Å². The fourth-order valence-electron chi connectivity index (χ4n) is 5.98. The summed E-state index contributed by atoms with van der Waals surface area (Å²) >= 11 is 0. The quantitative estimate of drug-likeness (QED) is 0.338. The molecule has 2 saturated heterocycles. The Morgan fingerprint density at radius 2 is 1.40 bits per heavy atom. The van der Waals surface area contributed by atoms with Crippen molar-refractivity contribution in [3.05, 3.63) is 86.0 Å². The van der Waals surface area contributed by atoms with Gasteiger partial charge in [0.05, 0.1) is 12.7 Å². The molecule has 0 unspecified atom stereocenters. The molecule has 2 aromatic rings. The molecule has 2 aromatic carbocycles. The summed E-state index contributed by atoms with van der Waals surface area (Å²) in [6.07, 6.45) is 4.52. The molecule has 0 aromatic heterocycles. The van der Waals surface area contributed by atoms with Crippen LogP contribution in [0.25, 0.3) is 0 Å². The van der Waals surface area contributed by atoms with E-state index in [2.05, 4.69) is 94.6 Å². The van der Waals surface area contributed by atoms with E-state index >= 15 is 0 Å². The third-order valence-electron chi connectivity index (χ3n) is 7.48. The van der Waals surface area contributed by atoms with E-state index in [1.54, 1.807) is 0 Å². The zero-order chi connectivity index (χ0) is 25.3. The van der Waals surface area contributed by atoms with E-state index in [1.165, 1.54) is 10.4 Å². The van der Waals surface area contributed by atoms with Gasteiger partial charge in [0, 0.05) is 5.41 Å². The number of ether oxygens (including phenoxy) is 3. The highest BCUT2D eigenvalue weighted by Gasteiger charge is 2.63. The van der Waals surface area contributed by atoms with Gasteiger partial charge in [0.25, 0.3) is 8.32 Å². The summed E-state index contributed by atoms with van der Waals surface area (Å²) in [6.45, 7) is 19.3. The fraction of sp³-hybridized carbons (Fsp3) is 0.467. The van der Waals surface area contributed by atoms with Gasteiger partial charge in [-0.3, -0.25) is 0 Å². The van der Waals surface area contributed by atoms with Gasteiger partial charge >= 0.3 is 0 Å². The van der Waals surface area contributed by atoms with Gasteiger partial charge in [-0.15, -0.1) is 13.2 Å². The molecular formula is C30H40O4Si. The van der Waals surface area contributed by atoms with Gasteiger partial charge in [-0.1, -0.05) is 93.6 Å². The Bertz CT molecular complexity index is 962. The maximum Gasteiger partial charge on any atom is 0.261 e. The normalized spacial score (nSPS) is 25.2. The molecule has 0 radical (unpaired) electrons. The van der Waals surface area contributed by atoms with E-state index in [9.17, 15) is 0 Å². The molecule has 35 heavy (non-hydrogen) atoms. The molecule has 4 rings (SSSR count). The number of hydrogen-bond acceptors (Lipinski definition) is 4. The van der Waals surface area contributed by atoms with Gasteiger partial charge in [0.2, 0.25) is 0 Å². The van der Waals surface area contributed by atoms with E-state index < -0.39 is 20.4 Å². The zero-order valence-corrected chi connectivity index (χ0v) is 22.8. The second-order valence-electron chi connectivity index (χ2n) is 11.2. The van der Waals surface area contributed by atoms with E-state index in [0.717, 1.165) is 12.8 Å². The first kappa shape index (κ1) is 26.1. The zero-order valence-electron chi connectivity index (χ0n) is 21.8. The molecule has 0 saturated carbocycles. The number of rotatable bonds is 9. The van der Waals surface area contributed by atoms with Crippen molar-refractivity contribution in [2.45, 2.75) is 76.8 Å². The molecule has 2 heterocycles. The van der Waals surface area contributed by atoms with Crippen LogP contribution < -0.4 is 10.4 Å². The number of hydrogen-bond donors (Lipinski definition) is 0. The van der Waals surface area contributed by atoms with Crippen LogP contribution in [-0.2, 0) is 18.6 Å². The van der Waals surface area contributed by atoms with Crippen molar-refractivity contribution in [3.63, 3.8) is 0 Å². The summed E-state index contributed by atoms with van der Waals surface area (Å²) in [5.74, 6) is -0.688. The van der Waals surface area contributed by atoms with Crippen LogP contribution in [0.3, 0.4) is 0 Å². The summed E-state index contributed by atoms with van der Waals surface area (Å²) in [5, 5.41) is 2.39. The number of fused-ring (bicyclic) bond motifs is 1. The first-order valence-corrected chi connectivity index (χ1v) is 14.5. The van der Waals surface area contributed by atoms with Crippen molar-refractivity contribution in [2.24, 2.45) is 5.41 Å². The Morgan fingerprint density at radius 1 is 0.886 bits per heavy atom. The Hall–Kier alpha value is -2.02.